The second-order valence-electron chi connectivity index (χ2n) is 8.09. The monoisotopic (exact) mass is 520 g/mol. The van der Waals surface area contributed by atoms with E-state index in [0.717, 1.165) is 5.56 Å². The molecule has 1 N–H and O–H groups in total. The quantitative estimate of drug-likeness (QED) is 0.259. The Kier molecular flexibility index (Phi) is 8.10. The van der Waals surface area contributed by atoms with Crippen LogP contribution in [0.2, 0.25) is 5.02 Å². The van der Waals surface area contributed by atoms with Gasteiger partial charge in [-0.25, -0.2) is 9.69 Å². The van der Waals surface area contributed by atoms with Crippen LogP contribution in [0, 0.1) is 6.92 Å². The first kappa shape index (κ1) is 25.8. The summed E-state index contributed by atoms with van der Waals surface area (Å²) in [7, 11) is 0. The van der Waals surface area contributed by atoms with Gasteiger partial charge in [0.25, 0.3) is 0 Å². The van der Waals surface area contributed by atoms with Crippen molar-refractivity contribution in [2.45, 2.75) is 26.9 Å². The van der Waals surface area contributed by atoms with Crippen LogP contribution >= 0.6 is 11.6 Å². The number of hydrogen-bond acceptors (Lipinski definition) is 6. The zero-order valence-electron chi connectivity index (χ0n) is 20.3. The number of amides is 1. The van der Waals surface area contributed by atoms with E-state index in [4.69, 9.17) is 30.7 Å². The summed E-state index contributed by atoms with van der Waals surface area (Å²) in [6, 6.07) is 21.4. The van der Waals surface area contributed by atoms with Gasteiger partial charge in [-0.15, -0.1) is 0 Å². The van der Waals surface area contributed by atoms with Crippen molar-refractivity contribution in [1.82, 2.24) is 5.16 Å². The molecule has 1 heterocycles. The average Bonchev–Trinajstić information content (AvgIpc) is 3.26. The molecule has 37 heavy (non-hydrogen) atoms. The maximum atomic E-state index is 13.0. The molecule has 1 amide bonds. The van der Waals surface area contributed by atoms with Crippen LogP contribution < -0.4 is 9.64 Å². The van der Waals surface area contributed by atoms with Crippen molar-refractivity contribution in [2.75, 3.05) is 11.5 Å². The number of rotatable bonds is 9. The fraction of sp³-hybridized carbons (Fsp3) is 0.179. The molecule has 0 aliphatic heterocycles. The molecule has 190 valence electrons. The van der Waals surface area contributed by atoms with E-state index < -0.39 is 12.1 Å². The number of aryl methyl sites for hydroxylation is 1. The van der Waals surface area contributed by atoms with Crippen molar-refractivity contribution in [3.63, 3.8) is 0 Å². The van der Waals surface area contributed by atoms with E-state index in [2.05, 4.69) is 5.16 Å². The molecule has 0 saturated carbocycles. The molecule has 0 spiro atoms. The second-order valence-corrected chi connectivity index (χ2v) is 8.49. The standard InChI is InChI=1S/C28H25ClN2O6/c1-3-35-28(34)31(23-10-6-5-9-22(23)29)27-18(2)37-30-26(27)20-14-12-19(13-15-20)17-36-24-11-7-4-8-21(24)16-25(32)33/h4-15H,3,16-17H2,1-2H3,(H,32,33). The Hall–Kier alpha value is -4.30. The SMILES string of the molecule is CCOC(=O)N(c1ccccc1Cl)c1c(-c2ccc(COc3ccccc3CC(=O)O)cc2)noc1C. The van der Waals surface area contributed by atoms with Crippen LogP contribution in [0.5, 0.6) is 5.75 Å². The number of aromatic nitrogens is 1. The molecule has 4 rings (SSSR count). The van der Waals surface area contributed by atoms with Crippen LogP contribution in [-0.4, -0.2) is 28.9 Å². The van der Waals surface area contributed by atoms with Crippen LogP contribution in [0.15, 0.2) is 77.3 Å². The van der Waals surface area contributed by atoms with Gasteiger partial charge in [-0.3, -0.25) is 4.79 Å². The first-order chi connectivity index (χ1) is 17.9. The lowest BCUT2D eigenvalue weighted by molar-refractivity contribution is -0.136. The minimum Gasteiger partial charge on any atom is -0.489 e. The summed E-state index contributed by atoms with van der Waals surface area (Å²) < 4.78 is 16.7. The van der Waals surface area contributed by atoms with Gasteiger partial charge in [0.1, 0.15) is 23.7 Å². The van der Waals surface area contributed by atoms with Crippen molar-refractivity contribution in [2.24, 2.45) is 0 Å². The van der Waals surface area contributed by atoms with Gasteiger partial charge in [-0.05, 0) is 37.6 Å². The third-order valence-corrected chi connectivity index (χ3v) is 5.85. The lowest BCUT2D eigenvalue weighted by atomic mass is 10.1. The van der Waals surface area contributed by atoms with E-state index in [0.29, 0.717) is 44.7 Å². The lowest BCUT2D eigenvalue weighted by Crippen LogP contribution is -2.27. The van der Waals surface area contributed by atoms with Crippen LogP contribution in [0.4, 0.5) is 16.2 Å². The average molecular weight is 521 g/mol. The van der Waals surface area contributed by atoms with Crippen molar-refractivity contribution in [1.29, 1.82) is 0 Å². The summed E-state index contributed by atoms with van der Waals surface area (Å²) in [5.41, 5.74) is 3.50. The molecular formula is C28H25ClN2O6. The first-order valence-electron chi connectivity index (χ1n) is 11.6. The molecule has 3 aromatic carbocycles. The van der Waals surface area contributed by atoms with Gasteiger partial charge in [-0.1, -0.05) is 71.4 Å². The zero-order chi connectivity index (χ0) is 26.4. The summed E-state index contributed by atoms with van der Waals surface area (Å²) in [5, 5.41) is 13.7. The van der Waals surface area contributed by atoms with E-state index in [1.807, 2.05) is 24.3 Å². The lowest BCUT2D eigenvalue weighted by Gasteiger charge is -2.23. The van der Waals surface area contributed by atoms with Crippen molar-refractivity contribution < 1.29 is 28.7 Å². The normalized spacial score (nSPS) is 10.7. The predicted octanol–water partition coefficient (Wildman–Crippen LogP) is 6.80. The number of ether oxygens (including phenoxy) is 2. The number of carboxylic acids is 1. The number of hydrogen-bond donors (Lipinski definition) is 1. The van der Waals surface area contributed by atoms with Gasteiger partial charge in [0, 0.05) is 11.1 Å². The van der Waals surface area contributed by atoms with Gasteiger partial charge >= 0.3 is 12.1 Å². The molecule has 0 fully saturated rings. The highest BCUT2D eigenvalue weighted by atomic mass is 35.5. The number of halogens is 1. The smallest absolute Gasteiger partial charge is 0.419 e. The molecule has 0 aliphatic carbocycles. The Morgan fingerprint density at radius 3 is 2.43 bits per heavy atom. The molecule has 0 radical (unpaired) electrons. The van der Waals surface area contributed by atoms with E-state index in [1.165, 1.54) is 4.90 Å². The number of carbonyl (C=O) groups excluding carboxylic acids is 1. The van der Waals surface area contributed by atoms with Crippen molar-refractivity contribution in [3.8, 4) is 17.0 Å². The Labute approximate surface area is 219 Å². The third-order valence-electron chi connectivity index (χ3n) is 5.53. The third kappa shape index (κ3) is 5.92. The molecule has 1 aromatic heterocycles. The van der Waals surface area contributed by atoms with Gasteiger partial charge in [0.15, 0.2) is 5.76 Å². The molecule has 0 aliphatic rings. The Balaban J connectivity index is 1.61. The summed E-state index contributed by atoms with van der Waals surface area (Å²) in [4.78, 5) is 25.5. The second kappa shape index (κ2) is 11.6. The van der Waals surface area contributed by atoms with Gasteiger partial charge in [0.05, 0.1) is 23.7 Å². The number of para-hydroxylation sites is 2. The molecule has 4 aromatic rings. The summed E-state index contributed by atoms with van der Waals surface area (Å²) in [6.45, 7) is 3.87. The largest absolute Gasteiger partial charge is 0.489 e. The Bertz CT molecular complexity index is 1400. The highest BCUT2D eigenvalue weighted by molar-refractivity contribution is 6.34. The van der Waals surface area contributed by atoms with E-state index in [1.54, 1.807) is 62.4 Å². The summed E-state index contributed by atoms with van der Waals surface area (Å²) in [5.74, 6) is 0.0198. The summed E-state index contributed by atoms with van der Waals surface area (Å²) >= 11 is 6.43. The molecule has 9 heteroatoms. The molecule has 0 unspecified atom stereocenters. The van der Waals surface area contributed by atoms with Crippen LogP contribution in [0.1, 0.15) is 23.8 Å². The number of anilines is 2. The first-order valence-corrected chi connectivity index (χ1v) is 12.0. The zero-order valence-corrected chi connectivity index (χ0v) is 21.1. The van der Waals surface area contributed by atoms with Gasteiger partial charge < -0.3 is 19.1 Å². The van der Waals surface area contributed by atoms with E-state index >= 15 is 0 Å². The van der Waals surface area contributed by atoms with Crippen LogP contribution in [-0.2, 0) is 22.6 Å². The minimum atomic E-state index is -0.923. The maximum Gasteiger partial charge on any atom is 0.419 e. The minimum absolute atomic E-state index is 0.119. The maximum absolute atomic E-state index is 13.0. The van der Waals surface area contributed by atoms with Gasteiger partial charge in [-0.2, -0.15) is 0 Å². The van der Waals surface area contributed by atoms with E-state index in [9.17, 15) is 9.59 Å². The Morgan fingerprint density at radius 2 is 1.73 bits per heavy atom. The number of carboxylic acid groups (broad SMARTS) is 1. The fourth-order valence-corrected chi connectivity index (χ4v) is 4.05. The fourth-order valence-electron chi connectivity index (χ4n) is 3.82. The van der Waals surface area contributed by atoms with Crippen LogP contribution in [0.25, 0.3) is 11.3 Å². The highest BCUT2D eigenvalue weighted by Crippen LogP contribution is 2.40. The number of nitrogens with zero attached hydrogens (tertiary/aromatic N) is 2. The number of aliphatic carboxylic acids is 1. The Morgan fingerprint density at radius 1 is 1.03 bits per heavy atom. The summed E-state index contributed by atoms with van der Waals surface area (Å²) in [6.07, 6.45) is -0.723. The molecule has 0 bridgehead atoms. The van der Waals surface area contributed by atoms with Crippen LogP contribution in [0.3, 0.4) is 0 Å². The van der Waals surface area contributed by atoms with E-state index in [-0.39, 0.29) is 19.6 Å². The number of benzene rings is 3. The molecule has 0 saturated heterocycles. The predicted molar refractivity (Wildman–Crippen MR) is 139 cm³/mol. The van der Waals surface area contributed by atoms with Gasteiger partial charge in [0.2, 0.25) is 0 Å². The highest BCUT2D eigenvalue weighted by Gasteiger charge is 2.29. The number of carbonyl (C=O) groups is 2. The van der Waals surface area contributed by atoms with Crippen molar-refractivity contribution in [3.05, 3.63) is 94.7 Å². The van der Waals surface area contributed by atoms with Crippen molar-refractivity contribution >= 4 is 35.0 Å². The molecule has 0 atom stereocenters. The molecule has 8 nitrogen and oxygen atoms in total. The molecular weight excluding hydrogens is 496 g/mol. The topological polar surface area (TPSA) is 102 Å².